The van der Waals surface area contributed by atoms with E-state index in [9.17, 15) is 0 Å². The summed E-state index contributed by atoms with van der Waals surface area (Å²) < 4.78 is 0. The van der Waals surface area contributed by atoms with E-state index < -0.39 is 0 Å². The van der Waals surface area contributed by atoms with Gasteiger partial charge in [0.25, 0.3) is 0 Å². The minimum Gasteiger partial charge on any atom is -0.370 e. The second kappa shape index (κ2) is 25.3. The molecule has 222 valence electrons. The largest absolute Gasteiger partial charge is 0.370 e. The summed E-state index contributed by atoms with van der Waals surface area (Å²) in [4.78, 5) is 1.39. The second-order valence-electron chi connectivity index (χ2n) is 9.49. The van der Waals surface area contributed by atoms with E-state index >= 15 is 0 Å². The first-order valence-electron chi connectivity index (χ1n) is 14.4. The van der Waals surface area contributed by atoms with E-state index in [1.807, 2.05) is 11.8 Å². The fourth-order valence-electron chi connectivity index (χ4n) is 3.82. The molecule has 1 aromatic rings. The summed E-state index contributed by atoms with van der Waals surface area (Å²) >= 11 is 2.04. The van der Waals surface area contributed by atoms with E-state index in [-0.39, 0.29) is 23.8 Å². The highest BCUT2D eigenvalue weighted by atomic mass is 32.2. The first-order chi connectivity index (χ1) is 18.8. The maximum atomic E-state index is 7.50. The van der Waals surface area contributed by atoms with Crippen LogP contribution in [0.4, 0.5) is 0 Å². The number of hydrogen-bond donors (Lipinski definition) is 10. The lowest BCUT2D eigenvalue weighted by Crippen LogP contribution is -2.43. The molecule has 1 rings (SSSR count). The zero-order valence-electron chi connectivity index (χ0n) is 24.1. The van der Waals surface area contributed by atoms with Crippen LogP contribution in [-0.4, -0.2) is 42.2 Å². The molecule has 0 amide bonds. The molecule has 1 aromatic carbocycles. The van der Waals surface area contributed by atoms with Crippen molar-refractivity contribution < 1.29 is 0 Å². The van der Waals surface area contributed by atoms with Crippen LogP contribution < -0.4 is 32.7 Å². The van der Waals surface area contributed by atoms with Crippen molar-refractivity contribution in [1.82, 2.24) is 21.3 Å². The van der Waals surface area contributed by atoms with Crippen LogP contribution in [0.1, 0.15) is 97.3 Å². The highest BCUT2D eigenvalue weighted by Gasteiger charge is 2.09. The number of guanidine groups is 4. The maximum absolute atomic E-state index is 7.50. The van der Waals surface area contributed by atoms with Gasteiger partial charge in [0.2, 0.25) is 0 Å². The molecule has 1 atom stereocenters. The van der Waals surface area contributed by atoms with Gasteiger partial charge in [-0.05, 0) is 37.8 Å². The predicted octanol–water partition coefficient (Wildman–Crippen LogP) is 5.26. The van der Waals surface area contributed by atoms with Gasteiger partial charge >= 0.3 is 0 Å². The molecule has 12 N–H and O–H groups in total. The quantitative estimate of drug-likeness (QED) is 0.0498. The Morgan fingerprint density at radius 3 is 1.64 bits per heavy atom. The van der Waals surface area contributed by atoms with Crippen molar-refractivity contribution in [2.24, 2.45) is 11.5 Å². The van der Waals surface area contributed by atoms with Crippen LogP contribution in [0.5, 0.6) is 0 Å². The second-order valence-corrected chi connectivity index (χ2v) is 10.9. The van der Waals surface area contributed by atoms with Crippen molar-refractivity contribution in [1.29, 1.82) is 21.6 Å². The molecule has 0 fully saturated rings. The summed E-state index contributed by atoms with van der Waals surface area (Å²) in [5.74, 6) is -0.195. The number of rotatable bonds is 18. The van der Waals surface area contributed by atoms with E-state index in [0.717, 1.165) is 31.2 Å². The molecular formula is C28H54N10S. The summed E-state index contributed by atoms with van der Waals surface area (Å²) in [7, 11) is 0. The van der Waals surface area contributed by atoms with Gasteiger partial charge in [-0.2, -0.15) is 0 Å². The molecule has 0 aromatic heterocycles. The number of thioether (sulfide) groups is 1. The van der Waals surface area contributed by atoms with Crippen LogP contribution in [0.3, 0.4) is 0 Å². The SMILES string of the molecule is CCCC(CCCCCCCCNC(=N)NC(=N)N)Sc1ccccc1.CCCCCCNC(=N)NC(=N)N. The Labute approximate surface area is 240 Å². The van der Waals surface area contributed by atoms with Crippen molar-refractivity contribution in [2.75, 3.05) is 13.1 Å². The molecule has 0 saturated carbocycles. The van der Waals surface area contributed by atoms with Crippen LogP contribution in [-0.2, 0) is 0 Å². The van der Waals surface area contributed by atoms with Gasteiger partial charge in [0.1, 0.15) is 0 Å². The van der Waals surface area contributed by atoms with Gasteiger partial charge < -0.3 is 22.1 Å². The van der Waals surface area contributed by atoms with Crippen molar-refractivity contribution in [3.8, 4) is 0 Å². The summed E-state index contributed by atoms with van der Waals surface area (Å²) in [6.45, 7) is 5.95. The average molecular weight is 563 g/mol. The lowest BCUT2D eigenvalue weighted by Gasteiger charge is -2.15. The summed E-state index contributed by atoms with van der Waals surface area (Å²) in [6.07, 6.45) is 15.9. The molecule has 0 spiro atoms. The standard InChI is InChI=1S/C20H35N5S.C8H19N5/c1-2-12-17(26-18-14-9-7-10-15-18)13-8-5-3-4-6-11-16-24-20(23)25-19(21)22;1-2-3-4-5-6-12-8(11)13-7(9)10/h7,9-10,14-15,17H,2-6,8,11-13,16H2,1H3,(H6,21,22,23,24,25);2-6H2,1H3,(H6,9,10,11,12,13). The average Bonchev–Trinajstić information content (AvgIpc) is 2.88. The van der Waals surface area contributed by atoms with Gasteiger partial charge in [-0.3, -0.25) is 32.3 Å². The number of unbranched alkanes of at least 4 members (excludes halogenated alkanes) is 8. The van der Waals surface area contributed by atoms with Crippen molar-refractivity contribution in [2.45, 2.75) is 107 Å². The van der Waals surface area contributed by atoms with E-state index in [1.54, 1.807) is 0 Å². The Balaban J connectivity index is 0.000000935. The smallest absolute Gasteiger partial charge is 0.195 e. The number of nitrogens with two attached hydrogens (primary N) is 2. The molecule has 0 aliphatic rings. The Bertz CT molecular complexity index is 788. The lowest BCUT2D eigenvalue weighted by atomic mass is 10.1. The van der Waals surface area contributed by atoms with Crippen molar-refractivity contribution >= 4 is 35.6 Å². The van der Waals surface area contributed by atoms with E-state index in [1.165, 1.54) is 75.5 Å². The van der Waals surface area contributed by atoms with Gasteiger partial charge in [0, 0.05) is 23.2 Å². The zero-order chi connectivity index (χ0) is 29.1. The number of benzene rings is 1. The zero-order valence-corrected chi connectivity index (χ0v) is 25.0. The Morgan fingerprint density at radius 2 is 1.15 bits per heavy atom. The molecule has 0 radical (unpaired) electrons. The van der Waals surface area contributed by atoms with Crippen LogP contribution in [0.2, 0.25) is 0 Å². The molecule has 0 saturated heterocycles. The Kier molecular flexibility index (Phi) is 23.4. The van der Waals surface area contributed by atoms with Gasteiger partial charge in [-0.1, -0.05) is 89.8 Å². The summed E-state index contributed by atoms with van der Waals surface area (Å²) in [5.41, 5.74) is 10.2. The third-order valence-corrected chi connectivity index (χ3v) is 7.11. The molecule has 0 bridgehead atoms. The third kappa shape index (κ3) is 25.1. The van der Waals surface area contributed by atoms with Gasteiger partial charge in [-0.25, -0.2) is 0 Å². The maximum Gasteiger partial charge on any atom is 0.195 e. The predicted molar refractivity (Wildman–Crippen MR) is 169 cm³/mol. The molecule has 11 heteroatoms. The van der Waals surface area contributed by atoms with Crippen LogP contribution >= 0.6 is 11.8 Å². The summed E-state index contributed by atoms with van der Waals surface area (Å²) in [6, 6.07) is 10.8. The van der Waals surface area contributed by atoms with E-state index in [0.29, 0.717) is 0 Å². The fraction of sp³-hybridized carbons (Fsp3) is 0.643. The van der Waals surface area contributed by atoms with Crippen LogP contribution in [0.25, 0.3) is 0 Å². The van der Waals surface area contributed by atoms with Gasteiger partial charge in [0.15, 0.2) is 23.8 Å². The first kappa shape index (κ1) is 36.0. The monoisotopic (exact) mass is 562 g/mol. The molecule has 0 aliphatic carbocycles. The number of nitrogens with one attached hydrogen (secondary N) is 8. The molecule has 39 heavy (non-hydrogen) atoms. The minimum absolute atomic E-state index is 0.101. The topological polar surface area (TPSA) is 196 Å². The summed E-state index contributed by atoms with van der Waals surface area (Å²) in [5, 5.41) is 39.9. The molecule has 0 heterocycles. The minimum atomic E-state index is -0.203. The lowest BCUT2D eigenvalue weighted by molar-refractivity contribution is 0.560. The fourth-order valence-corrected chi connectivity index (χ4v) is 5.15. The third-order valence-electron chi connectivity index (χ3n) is 5.76. The van der Waals surface area contributed by atoms with Gasteiger partial charge in [-0.15, -0.1) is 11.8 Å². The molecule has 10 nitrogen and oxygen atoms in total. The van der Waals surface area contributed by atoms with Crippen LogP contribution in [0.15, 0.2) is 35.2 Å². The van der Waals surface area contributed by atoms with Crippen molar-refractivity contribution in [3.05, 3.63) is 30.3 Å². The highest BCUT2D eigenvalue weighted by Crippen LogP contribution is 2.29. The molecule has 1 unspecified atom stereocenters. The normalized spacial score (nSPS) is 10.9. The molecular weight excluding hydrogens is 508 g/mol. The first-order valence-corrected chi connectivity index (χ1v) is 15.2. The van der Waals surface area contributed by atoms with E-state index in [2.05, 4.69) is 65.4 Å². The highest BCUT2D eigenvalue weighted by molar-refractivity contribution is 8.00. The number of hydrogen-bond acceptors (Lipinski definition) is 5. The van der Waals surface area contributed by atoms with Crippen LogP contribution in [0, 0.1) is 21.6 Å². The Morgan fingerprint density at radius 1 is 0.667 bits per heavy atom. The molecule has 0 aliphatic heterocycles. The van der Waals surface area contributed by atoms with E-state index in [4.69, 9.17) is 33.1 Å². The Hall–Kier alpha value is -2.95. The van der Waals surface area contributed by atoms with Crippen molar-refractivity contribution in [3.63, 3.8) is 0 Å². The van der Waals surface area contributed by atoms with Gasteiger partial charge in [0.05, 0.1) is 0 Å².